The number of carbonyl (C=O) groups is 3. The van der Waals surface area contributed by atoms with Gasteiger partial charge in [0.2, 0.25) is 5.91 Å². The van der Waals surface area contributed by atoms with E-state index >= 15 is 0 Å². The zero-order chi connectivity index (χ0) is 27.6. The molecule has 4 aromatic rings. The van der Waals surface area contributed by atoms with Gasteiger partial charge in [-0.25, -0.2) is 0 Å². The largest absolute Gasteiger partial charge is 0.325 e. The second-order valence-electron chi connectivity index (χ2n) is 8.97. The van der Waals surface area contributed by atoms with Crippen LogP contribution in [-0.4, -0.2) is 23.5 Å². The number of amides is 3. The van der Waals surface area contributed by atoms with Gasteiger partial charge < -0.3 is 16.0 Å². The normalized spacial score (nSPS) is 11.0. The van der Waals surface area contributed by atoms with Crippen LogP contribution < -0.4 is 16.0 Å². The monoisotopic (exact) mass is 535 g/mol. The summed E-state index contributed by atoms with van der Waals surface area (Å²) in [5.74, 6) is -0.658. The summed E-state index contributed by atoms with van der Waals surface area (Å²) < 4.78 is 0. The molecule has 0 fully saturated rings. The van der Waals surface area contributed by atoms with Crippen LogP contribution in [0, 0.1) is 13.8 Å². The fraction of sp³-hybridized carbons (Fsp3) is 0.0938. The van der Waals surface area contributed by atoms with Gasteiger partial charge in [0, 0.05) is 21.8 Å². The van der Waals surface area contributed by atoms with E-state index in [9.17, 15) is 14.4 Å². The molecule has 0 aliphatic carbocycles. The van der Waals surface area contributed by atoms with Crippen LogP contribution in [0.5, 0.6) is 0 Å². The lowest BCUT2D eigenvalue weighted by atomic mass is 10.1. The first-order chi connectivity index (χ1) is 18.9. The molecule has 0 saturated carbocycles. The molecule has 3 N–H and O–H groups in total. The minimum Gasteiger partial charge on any atom is -0.325 e. The molecule has 4 rings (SSSR count). The highest BCUT2D eigenvalue weighted by Gasteiger charge is 2.15. The summed E-state index contributed by atoms with van der Waals surface area (Å²) in [5, 5.41) is 8.49. The second-order valence-corrected chi connectivity index (χ2v) is 10.0. The Hall–Kier alpha value is -4.62. The molecule has 0 unspecified atom stereocenters. The van der Waals surface area contributed by atoms with Crippen molar-refractivity contribution in [3.05, 3.63) is 131 Å². The molecule has 3 amide bonds. The Morgan fingerprint density at radius 3 is 2.13 bits per heavy atom. The van der Waals surface area contributed by atoms with Crippen molar-refractivity contribution in [1.29, 1.82) is 0 Å². The number of aryl methyl sites for hydroxylation is 2. The first-order valence-electron chi connectivity index (χ1n) is 12.4. The Labute approximate surface area is 232 Å². The van der Waals surface area contributed by atoms with Gasteiger partial charge in [-0.2, -0.15) is 0 Å². The van der Waals surface area contributed by atoms with Gasteiger partial charge in [-0.05, 0) is 79.6 Å². The van der Waals surface area contributed by atoms with E-state index in [0.29, 0.717) is 11.3 Å². The van der Waals surface area contributed by atoms with Gasteiger partial charge in [0.05, 0.1) is 5.75 Å². The number of nitrogens with one attached hydrogen (secondary N) is 3. The molecule has 0 bridgehead atoms. The van der Waals surface area contributed by atoms with Crippen molar-refractivity contribution >= 4 is 46.9 Å². The van der Waals surface area contributed by atoms with Crippen molar-refractivity contribution < 1.29 is 14.4 Å². The van der Waals surface area contributed by atoms with E-state index in [1.807, 2.05) is 80.6 Å². The molecular formula is C32H29N3O3S. The average Bonchev–Trinajstić information content (AvgIpc) is 2.94. The van der Waals surface area contributed by atoms with E-state index in [4.69, 9.17) is 0 Å². The van der Waals surface area contributed by atoms with Crippen molar-refractivity contribution in [1.82, 2.24) is 5.32 Å². The maximum Gasteiger partial charge on any atom is 0.272 e. The van der Waals surface area contributed by atoms with E-state index in [1.165, 1.54) is 11.8 Å². The molecule has 0 atom stereocenters. The molecule has 196 valence electrons. The summed E-state index contributed by atoms with van der Waals surface area (Å²) in [6, 6.07) is 31.3. The van der Waals surface area contributed by atoms with Gasteiger partial charge in [-0.3, -0.25) is 14.4 Å². The van der Waals surface area contributed by atoms with Crippen LogP contribution in [0.4, 0.5) is 11.4 Å². The molecule has 0 spiro atoms. The maximum atomic E-state index is 13.2. The predicted octanol–water partition coefficient (Wildman–Crippen LogP) is 6.44. The topological polar surface area (TPSA) is 87.3 Å². The molecule has 0 aliphatic heterocycles. The van der Waals surface area contributed by atoms with Crippen molar-refractivity contribution in [3.8, 4) is 0 Å². The third-order valence-electron chi connectivity index (χ3n) is 5.70. The van der Waals surface area contributed by atoms with E-state index in [1.54, 1.807) is 42.5 Å². The molecule has 0 saturated heterocycles. The minimum absolute atomic E-state index is 0.0944. The molecule has 0 aromatic heterocycles. The number of carbonyl (C=O) groups excluding carboxylic acids is 3. The number of hydrogen-bond acceptors (Lipinski definition) is 4. The lowest BCUT2D eigenvalue weighted by molar-refractivity contribution is -0.114. The highest BCUT2D eigenvalue weighted by Crippen LogP contribution is 2.21. The summed E-state index contributed by atoms with van der Waals surface area (Å²) in [7, 11) is 0. The average molecular weight is 536 g/mol. The Balaban J connectivity index is 1.40. The standard InChI is InChI=1S/C32H29N3O3S/c1-22-11-13-24(14-12-22)20-29(35-31(37)25-8-4-3-5-9-25)32(38)34-26-15-17-28(18-16-26)39-21-30(36)33-27-10-6-7-23(2)19-27/h3-20H,21H2,1-2H3,(H,33,36)(H,34,38)(H,35,37)/b29-20-. The van der Waals surface area contributed by atoms with Crippen LogP contribution in [0.3, 0.4) is 0 Å². The lowest BCUT2D eigenvalue weighted by Gasteiger charge is -2.12. The lowest BCUT2D eigenvalue weighted by Crippen LogP contribution is -2.30. The maximum absolute atomic E-state index is 13.2. The molecule has 0 aliphatic rings. The zero-order valence-corrected chi connectivity index (χ0v) is 22.5. The number of hydrogen-bond donors (Lipinski definition) is 3. The summed E-state index contributed by atoms with van der Waals surface area (Å²) in [5.41, 5.74) is 4.87. The number of thioether (sulfide) groups is 1. The first-order valence-corrected chi connectivity index (χ1v) is 13.4. The van der Waals surface area contributed by atoms with Crippen LogP contribution >= 0.6 is 11.8 Å². The Morgan fingerprint density at radius 2 is 1.44 bits per heavy atom. The van der Waals surface area contributed by atoms with Crippen molar-refractivity contribution in [2.45, 2.75) is 18.7 Å². The quantitative estimate of drug-likeness (QED) is 0.170. The van der Waals surface area contributed by atoms with Crippen molar-refractivity contribution in [3.63, 3.8) is 0 Å². The van der Waals surface area contributed by atoms with Crippen molar-refractivity contribution in [2.75, 3.05) is 16.4 Å². The summed E-state index contributed by atoms with van der Waals surface area (Å²) >= 11 is 1.40. The summed E-state index contributed by atoms with van der Waals surface area (Å²) in [6.45, 7) is 3.96. The number of benzene rings is 4. The Kier molecular flexibility index (Phi) is 9.32. The molecule has 7 heteroatoms. The fourth-order valence-electron chi connectivity index (χ4n) is 3.67. The van der Waals surface area contributed by atoms with E-state index in [-0.39, 0.29) is 23.3 Å². The summed E-state index contributed by atoms with van der Waals surface area (Å²) in [4.78, 5) is 39.2. The predicted molar refractivity (Wildman–Crippen MR) is 159 cm³/mol. The highest BCUT2D eigenvalue weighted by molar-refractivity contribution is 8.00. The van der Waals surface area contributed by atoms with Crippen LogP contribution in [0.1, 0.15) is 27.0 Å². The summed E-state index contributed by atoms with van der Waals surface area (Å²) in [6.07, 6.45) is 1.65. The van der Waals surface area contributed by atoms with E-state index in [2.05, 4.69) is 16.0 Å². The van der Waals surface area contributed by atoms with Crippen LogP contribution in [0.15, 0.2) is 114 Å². The molecule has 39 heavy (non-hydrogen) atoms. The van der Waals surface area contributed by atoms with Crippen LogP contribution in [0.2, 0.25) is 0 Å². The van der Waals surface area contributed by atoms with Crippen LogP contribution in [0.25, 0.3) is 6.08 Å². The second kappa shape index (κ2) is 13.3. The van der Waals surface area contributed by atoms with Gasteiger partial charge >= 0.3 is 0 Å². The van der Waals surface area contributed by atoms with Crippen molar-refractivity contribution in [2.24, 2.45) is 0 Å². The number of anilines is 2. The van der Waals surface area contributed by atoms with Crippen LogP contribution in [-0.2, 0) is 9.59 Å². The smallest absolute Gasteiger partial charge is 0.272 e. The van der Waals surface area contributed by atoms with Gasteiger partial charge in [-0.1, -0.05) is 60.2 Å². The Bertz CT molecular complexity index is 1480. The molecule has 0 heterocycles. The molecule has 6 nitrogen and oxygen atoms in total. The van der Waals surface area contributed by atoms with Gasteiger partial charge in [-0.15, -0.1) is 11.8 Å². The Morgan fingerprint density at radius 1 is 0.718 bits per heavy atom. The third kappa shape index (κ3) is 8.45. The van der Waals surface area contributed by atoms with Gasteiger partial charge in [0.1, 0.15) is 5.70 Å². The molecular weight excluding hydrogens is 506 g/mol. The highest BCUT2D eigenvalue weighted by atomic mass is 32.2. The molecule has 4 aromatic carbocycles. The fourth-order valence-corrected chi connectivity index (χ4v) is 4.37. The van der Waals surface area contributed by atoms with Gasteiger partial charge in [0.15, 0.2) is 0 Å². The SMILES string of the molecule is Cc1ccc(/C=C(\NC(=O)c2ccccc2)C(=O)Nc2ccc(SCC(=O)Nc3cccc(C)c3)cc2)cc1. The molecule has 0 radical (unpaired) electrons. The number of rotatable bonds is 9. The third-order valence-corrected chi connectivity index (χ3v) is 6.71. The van der Waals surface area contributed by atoms with E-state index < -0.39 is 5.91 Å². The zero-order valence-electron chi connectivity index (χ0n) is 21.7. The minimum atomic E-state index is -0.446. The van der Waals surface area contributed by atoms with E-state index in [0.717, 1.165) is 27.3 Å². The first kappa shape index (κ1) is 27.4. The van der Waals surface area contributed by atoms with Gasteiger partial charge in [0.25, 0.3) is 11.8 Å².